The summed E-state index contributed by atoms with van der Waals surface area (Å²) in [5, 5.41) is 4.98. The Balaban J connectivity index is 1.59. The van der Waals surface area contributed by atoms with Crippen LogP contribution < -0.4 is 15.1 Å². The number of amides is 1. The van der Waals surface area contributed by atoms with Crippen LogP contribution in [0.2, 0.25) is 0 Å². The standard InChI is InChI=1S/C27H30BrN3O3/c1-15(2)31-22-8-16(3)19(10-21(22)17(4)13-27(31,5)6)14-29-30-26(32)24-11-18-9-20(28)12-23(33-7)25(18)34-24/h8-15H,1-7H3,(H,30,32)/b29-14-. The number of nitrogens with one attached hydrogen (secondary N) is 1. The second-order valence-corrected chi connectivity index (χ2v) is 10.4. The number of carbonyl (C=O) groups excluding carboxylic acids is 1. The first kappa shape index (κ1) is 24.1. The quantitative estimate of drug-likeness (QED) is 0.299. The molecule has 0 spiro atoms. The van der Waals surface area contributed by atoms with E-state index in [1.807, 2.05) is 6.07 Å². The summed E-state index contributed by atoms with van der Waals surface area (Å²) in [6.45, 7) is 13.1. The van der Waals surface area contributed by atoms with Gasteiger partial charge in [0.15, 0.2) is 17.1 Å². The molecule has 0 saturated carbocycles. The maximum absolute atomic E-state index is 12.7. The molecule has 2 aromatic carbocycles. The zero-order valence-corrected chi connectivity index (χ0v) is 22.2. The number of furan rings is 1. The molecule has 3 aromatic rings. The molecule has 1 aliphatic heterocycles. The lowest BCUT2D eigenvalue weighted by molar-refractivity contribution is 0.0929. The summed E-state index contributed by atoms with van der Waals surface area (Å²) in [6, 6.07) is 10.0. The molecule has 0 radical (unpaired) electrons. The Kier molecular flexibility index (Phi) is 6.34. The third-order valence-electron chi connectivity index (χ3n) is 6.14. The number of carbonyl (C=O) groups is 1. The highest BCUT2D eigenvalue weighted by Gasteiger charge is 2.33. The van der Waals surface area contributed by atoms with Gasteiger partial charge in [0.25, 0.3) is 0 Å². The molecule has 1 aromatic heterocycles. The van der Waals surface area contributed by atoms with Gasteiger partial charge in [0.2, 0.25) is 0 Å². The van der Waals surface area contributed by atoms with Crippen molar-refractivity contribution in [2.75, 3.05) is 12.0 Å². The smallest absolute Gasteiger partial charge is 0.307 e. The Morgan fingerprint density at radius 2 is 1.94 bits per heavy atom. The fourth-order valence-electron chi connectivity index (χ4n) is 4.86. The van der Waals surface area contributed by atoms with Crippen LogP contribution in [0.3, 0.4) is 0 Å². The number of rotatable bonds is 5. The molecule has 1 amide bonds. The van der Waals surface area contributed by atoms with E-state index in [-0.39, 0.29) is 11.3 Å². The van der Waals surface area contributed by atoms with Crippen molar-refractivity contribution < 1.29 is 13.9 Å². The Morgan fingerprint density at radius 3 is 2.62 bits per heavy atom. The van der Waals surface area contributed by atoms with Gasteiger partial charge in [-0.3, -0.25) is 4.79 Å². The molecule has 1 aliphatic rings. The van der Waals surface area contributed by atoms with Crippen LogP contribution in [-0.4, -0.2) is 30.8 Å². The molecule has 0 bridgehead atoms. The summed E-state index contributed by atoms with van der Waals surface area (Å²) >= 11 is 3.44. The molecule has 0 atom stereocenters. The molecule has 4 rings (SSSR count). The van der Waals surface area contributed by atoms with Crippen molar-refractivity contribution in [1.82, 2.24) is 5.43 Å². The number of hydrogen-bond donors (Lipinski definition) is 1. The van der Waals surface area contributed by atoms with E-state index in [2.05, 4.69) is 91.1 Å². The number of benzene rings is 2. The summed E-state index contributed by atoms with van der Waals surface area (Å²) < 4.78 is 11.9. The maximum atomic E-state index is 12.7. The minimum Gasteiger partial charge on any atom is -0.493 e. The summed E-state index contributed by atoms with van der Waals surface area (Å²) in [5.41, 5.74) is 8.71. The zero-order chi connectivity index (χ0) is 24.8. The van der Waals surface area contributed by atoms with Gasteiger partial charge < -0.3 is 14.1 Å². The van der Waals surface area contributed by atoms with Gasteiger partial charge in [0, 0.05) is 27.2 Å². The molecule has 0 aliphatic carbocycles. The minimum absolute atomic E-state index is 0.0634. The highest BCUT2D eigenvalue weighted by atomic mass is 79.9. The van der Waals surface area contributed by atoms with Crippen LogP contribution in [0, 0.1) is 6.92 Å². The van der Waals surface area contributed by atoms with Crippen molar-refractivity contribution in [3.63, 3.8) is 0 Å². The molecular formula is C27H30BrN3O3. The van der Waals surface area contributed by atoms with Crippen LogP contribution in [0.5, 0.6) is 5.75 Å². The minimum atomic E-state index is -0.426. The van der Waals surface area contributed by atoms with Crippen molar-refractivity contribution >= 4 is 50.3 Å². The van der Waals surface area contributed by atoms with Gasteiger partial charge in [0.05, 0.1) is 18.9 Å². The normalized spacial score (nSPS) is 15.1. The topological polar surface area (TPSA) is 67.1 Å². The molecule has 6 nitrogen and oxygen atoms in total. The van der Waals surface area contributed by atoms with Crippen LogP contribution >= 0.6 is 15.9 Å². The largest absolute Gasteiger partial charge is 0.493 e. The van der Waals surface area contributed by atoms with Crippen molar-refractivity contribution in [3.8, 4) is 5.75 Å². The van der Waals surface area contributed by atoms with E-state index in [9.17, 15) is 4.79 Å². The monoisotopic (exact) mass is 523 g/mol. The second-order valence-electron chi connectivity index (χ2n) is 9.51. The summed E-state index contributed by atoms with van der Waals surface area (Å²) in [7, 11) is 1.56. The van der Waals surface area contributed by atoms with Crippen LogP contribution in [0.4, 0.5) is 5.69 Å². The number of ether oxygens (including phenoxy) is 1. The second kappa shape index (κ2) is 8.95. The van der Waals surface area contributed by atoms with Crippen molar-refractivity contribution in [3.05, 3.63) is 63.3 Å². The average molecular weight is 524 g/mol. The average Bonchev–Trinajstić information content (AvgIpc) is 3.17. The Morgan fingerprint density at radius 1 is 1.21 bits per heavy atom. The molecule has 0 unspecified atom stereocenters. The van der Waals surface area contributed by atoms with E-state index in [1.54, 1.807) is 25.5 Å². The van der Waals surface area contributed by atoms with E-state index < -0.39 is 5.91 Å². The molecule has 34 heavy (non-hydrogen) atoms. The number of fused-ring (bicyclic) bond motifs is 2. The van der Waals surface area contributed by atoms with Crippen molar-refractivity contribution in [2.45, 2.75) is 53.1 Å². The molecule has 178 valence electrons. The summed E-state index contributed by atoms with van der Waals surface area (Å²) in [5.74, 6) is 0.294. The van der Waals surface area contributed by atoms with Gasteiger partial charge in [-0.1, -0.05) is 22.0 Å². The lowest BCUT2D eigenvalue weighted by Gasteiger charge is -2.46. The first-order chi connectivity index (χ1) is 16.0. The van der Waals surface area contributed by atoms with Crippen LogP contribution in [0.15, 0.2) is 50.4 Å². The van der Waals surface area contributed by atoms with Crippen LogP contribution in [0.1, 0.15) is 61.9 Å². The molecule has 2 heterocycles. The van der Waals surface area contributed by atoms with E-state index >= 15 is 0 Å². The maximum Gasteiger partial charge on any atom is 0.307 e. The van der Waals surface area contributed by atoms with Gasteiger partial charge in [-0.15, -0.1) is 0 Å². The number of allylic oxidation sites excluding steroid dienone is 1. The van der Waals surface area contributed by atoms with E-state index in [1.165, 1.54) is 16.8 Å². The Bertz CT molecular complexity index is 1330. The highest BCUT2D eigenvalue weighted by Crippen LogP contribution is 2.41. The van der Waals surface area contributed by atoms with Gasteiger partial charge in [-0.25, -0.2) is 5.43 Å². The molecule has 0 fully saturated rings. The zero-order valence-electron chi connectivity index (χ0n) is 20.6. The van der Waals surface area contributed by atoms with Gasteiger partial charge >= 0.3 is 5.91 Å². The molecular weight excluding hydrogens is 494 g/mol. The Hall–Kier alpha value is -3.06. The number of halogens is 1. The van der Waals surface area contributed by atoms with E-state index in [4.69, 9.17) is 9.15 Å². The fourth-order valence-corrected chi connectivity index (χ4v) is 5.31. The van der Waals surface area contributed by atoms with Crippen LogP contribution in [-0.2, 0) is 0 Å². The van der Waals surface area contributed by atoms with Gasteiger partial charge in [0.1, 0.15) is 0 Å². The number of nitrogens with zero attached hydrogens (tertiary/aromatic N) is 2. The first-order valence-electron chi connectivity index (χ1n) is 11.3. The van der Waals surface area contributed by atoms with E-state index in [0.717, 1.165) is 21.0 Å². The third-order valence-corrected chi connectivity index (χ3v) is 6.59. The van der Waals surface area contributed by atoms with Gasteiger partial charge in [-0.2, -0.15) is 5.10 Å². The highest BCUT2D eigenvalue weighted by molar-refractivity contribution is 9.10. The molecule has 0 saturated heterocycles. The summed E-state index contributed by atoms with van der Waals surface area (Å²) in [6.07, 6.45) is 3.99. The number of hydrazone groups is 1. The fraction of sp³-hybridized carbons (Fsp3) is 0.333. The number of aryl methyl sites for hydroxylation is 1. The molecule has 1 N–H and O–H groups in total. The van der Waals surface area contributed by atoms with Gasteiger partial charge in [-0.05, 0) is 88.6 Å². The predicted octanol–water partition coefficient (Wildman–Crippen LogP) is 6.69. The number of hydrogen-bond acceptors (Lipinski definition) is 5. The SMILES string of the molecule is COc1cc(Br)cc2cc(C(=O)N/N=C\c3cc4c(cc3C)N(C(C)C)C(C)(C)C=C4C)oc12. The lowest BCUT2D eigenvalue weighted by Crippen LogP contribution is -2.49. The molecule has 7 heteroatoms. The number of anilines is 1. The van der Waals surface area contributed by atoms with Crippen molar-refractivity contribution in [1.29, 1.82) is 0 Å². The predicted molar refractivity (Wildman–Crippen MR) is 142 cm³/mol. The summed E-state index contributed by atoms with van der Waals surface area (Å²) in [4.78, 5) is 15.1. The number of methoxy groups -OCH3 is 1. The van der Waals surface area contributed by atoms with Crippen molar-refractivity contribution in [2.24, 2.45) is 5.10 Å². The third kappa shape index (κ3) is 4.37. The Labute approximate surface area is 208 Å². The lowest BCUT2D eigenvalue weighted by atomic mass is 9.86. The first-order valence-corrected chi connectivity index (χ1v) is 12.1. The van der Waals surface area contributed by atoms with E-state index in [0.29, 0.717) is 17.4 Å². The van der Waals surface area contributed by atoms with Crippen LogP contribution in [0.25, 0.3) is 16.5 Å².